The number of carbonyl (C=O) groups is 1. The first kappa shape index (κ1) is 15.0. The molecule has 6 nitrogen and oxygen atoms in total. The summed E-state index contributed by atoms with van der Waals surface area (Å²) < 4.78 is 27.2. The van der Waals surface area contributed by atoms with Crippen molar-refractivity contribution in [3.05, 3.63) is 40.5 Å². The predicted octanol–water partition coefficient (Wildman–Crippen LogP) is 2.14. The highest BCUT2D eigenvalue weighted by molar-refractivity contribution is 7.94. The number of hydrogen-bond acceptors (Lipinski definition) is 5. The molecule has 1 atom stereocenters. The molecule has 0 bridgehead atoms. The van der Waals surface area contributed by atoms with Gasteiger partial charge in [0, 0.05) is 0 Å². The van der Waals surface area contributed by atoms with Crippen molar-refractivity contribution in [3.8, 4) is 0 Å². The maximum Gasteiger partial charge on any atom is 0.312 e. The van der Waals surface area contributed by atoms with Gasteiger partial charge in [0.05, 0.1) is 22.9 Å². The highest BCUT2D eigenvalue weighted by Crippen LogP contribution is 2.40. The van der Waals surface area contributed by atoms with E-state index in [0.717, 1.165) is 11.3 Å². The summed E-state index contributed by atoms with van der Waals surface area (Å²) in [4.78, 5) is 15.6. The molecule has 0 spiro atoms. The molecule has 1 aliphatic rings. The molecule has 22 heavy (non-hydrogen) atoms. The number of nitrogens with zero attached hydrogens (tertiary/aromatic N) is 2. The lowest BCUT2D eigenvalue weighted by Gasteiger charge is -2.18. The number of aryl methyl sites for hydroxylation is 2. The van der Waals surface area contributed by atoms with Crippen molar-refractivity contribution in [2.45, 2.75) is 24.0 Å². The molecule has 2 aromatic rings. The van der Waals surface area contributed by atoms with Gasteiger partial charge in [0.2, 0.25) is 0 Å². The lowest BCUT2D eigenvalue weighted by molar-refractivity contribution is -0.138. The van der Waals surface area contributed by atoms with Gasteiger partial charge in [0.25, 0.3) is 10.0 Å². The summed E-state index contributed by atoms with van der Waals surface area (Å²) in [6.07, 6.45) is 0. The summed E-state index contributed by atoms with van der Waals surface area (Å²) in [6, 6.07) is 6.72. The molecule has 2 heterocycles. The number of sulfonamides is 1. The minimum atomic E-state index is -3.80. The Morgan fingerprint density at radius 1 is 1.36 bits per heavy atom. The van der Waals surface area contributed by atoms with Crippen LogP contribution in [0.3, 0.4) is 0 Å². The van der Waals surface area contributed by atoms with Crippen LogP contribution in [0.1, 0.15) is 22.2 Å². The number of benzene rings is 1. The Balaban J connectivity index is 2.13. The van der Waals surface area contributed by atoms with Crippen molar-refractivity contribution in [1.29, 1.82) is 0 Å². The Morgan fingerprint density at radius 2 is 2.05 bits per heavy atom. The van der Waals surface area contributed by atoms with Gasteiger partial charge in [0.1, 0.15) is 5.92 Å². The van der Waals surface area contributed by atoms with Crippen LogP contribution in [0.4, 0.5) is 5.69 Å². The maximum absolute atomic E-state index is 12.9. The molecule has 0 fully saturated rings. The summed E-state index contributed by atoms with van der Waals surface area (Å²) in [6.45, 7) is 3.30. The second-order valence-electron chi connectivity index (χ2n) is 5.09. The molecular formula is C14H14N2O4S2. The Bertz CT molecular complexity index is 857. The first-order valence-electron chi connectivity index (χ1n) is 6.61. The third kappa shape index (κ3) is 2.19. The van der Waals surface area contributed by atoms with E-state index in [1.807, 2.05) is 0 Å². The number of thiazole rings is 1. The topological polar surface area (TPSA) is 87.6 Å². The lowest BCUT2D eigenvalue weighted by Crippen LogP contribution is -2.31. The van der Waals surface area contributed by atoms with Gasteiger partial charge >= 0.3 is 5.97 Å². The van der Waals surface area contributed by atoms with Crippen LogP contribution in [0.15, 0.2) is 28.5 Å². The van der Waals surface area contributed by atoms with Crippen molar-refractivity contribution in [2.75, 3.05) is 10.8 Å². The fourth-order valence-corrected chi connectivity index (χ4v) is 5.75. The number of aromatic nitrogens is 1. The zero-order valence-electron chi connectivity index (χ0n) is 12.0. The number of fused-ring (bicyclic) bond motifs is 1. The van der Waals surface area contributed by atoms with E-state index in [1.165, 1.54) is 4.31 Å². The second-order valence-corrected chi connectivity index (χ2v) is 8.35. The molecule has 1 aromatic heterocycles. The Kier molecular flexibility index (Phi) is 3.45. The highest BCUT2D eigenvalue weighted by Gasteiger charge is 2.41. The van der Waals surface area contributed by atoms with E-state index < -0.39 is 21.9 Å². The molecule has 1 aromatic carbocycles. The Hall–Kier alpha value is -1.93. The van der Waals surface area contributed by atoms with Crippen LogP contribution in [0.5, 0.6) is 0 Å². The molecule has 1 unspecified atom stereocenters. The smallest absolute Gasteiger partial charge is 0.312 e. The van der Waals surface area contributed by atoms with Crippen molar-refractivity contribution in [3.63, 3.8) is 0 Å². The van der Waals surface area contributed by atoms with Gasteiger partial charge in [-0.15, -0.1) is 11.3 Å². The molecule has 1 N–H and O–H groups in total. The molecule has 116 valence electrons. The van der Waals surface area contributed by atoms with E-state index in [-0.39, 0.29) is 10.8 Å². The van der Waals surface area contributed by atoms with E-state index >= 15 is 0 Å². The molecule has 0 aliphatic carbocycles. The molecule has 0 amide bonds. The van der Waals surface area contributed by atoms with Crippen LogP contribution < -0.4 is 4.31 Å². The second kappa shape index (κ2) is 5.06. The van der Waals surface area contributed by atoms with Gasteiger partial charge in [-0.3, -0.25) is 9.10 Å². The van der Waals surface area contributed by atoms with Gasteiger partial charge in [-0.1, -0.05) is 18.2 Å². The van der Waals surface area contributed by atoms with Gasteiger partial charge in [-0.2, -0.15) is 0 Å². The number of aliphatic carboxylic acids is 1. The average molecular weight is 338 g/mol. The summed E-state index contributed by atoms with van der Waals surface area (Å²) in [5, 5.41) is 10.0. The summed E-state index contributed by atoms with van der Waals surface area (Å²) in [5.74, 6) is -1.87. The first-order valence-corrected chi connectivity index (χ1v) is 8.86. The van der Waals surface area contributed by atoms with E-state index in [4.69, 9.17) is 0 Å². The normalized spacial score (nSPS) is 17.5. The van der Waals surface area contributed by atoms with Crippen LogP contribution >= 0.6 is 11.3 Å². The molecule has 1 aliphatic heterocycles. The van der Waals surface area contributed by atoms with Gasteiger partial charge in [0.15, 0.2) is 4.21 Å². The monoisotopic (exact) mass is 338 g/mol. The number of carboxylic acids is 1. The summed E-state index contributed by atoms with van der Waals surface area (Å²) in [7, 11) is -3.80. The number of hydrogen-bond donors (Lipinski definition) is 1. The predicted molar refractivity (Wildman–Crippen MR) is 82.9 cm³/mol. The Morgan fingerprint density at radius 3 is 2.64 bits per heavy atom. The Labute approximate surface area is 132 Å². The standard InChI is InChI=1S/C14H14N2O4S2/c1-8-14(21-9(2)15-8)22(19,20)16-7-11(13(17)18)10-5-3-4-6-12(10)16/h3-6,11H,7H2,1-2H3,(H,17,18). The molecule has 0 saturated carbocycles. The van der Waals surface area contributed by atoms with Crippen molar-refractivity contribution in [2.24, 2.45) is 0 Å². The fourth-order valence-electron chi connectivity index (χ4n) is 2.66. The van der Waals surface area contributed by atoms with Gasteiger partial charge in [-0.25, -0.2) is 13.4 Å². The zero-order chi connectivity index (χ0) is 16.1. The summed E-state index contributed by atoms with van der Waals surface area (Å²) >= 11 is 1.10. The van der Waals surface area contributed by atoms with E-state index in [9.17, 15) is 18.3 Å². The number of anilines is 1. The van der Waals surface area contributed by atoms with Crippen LogP contribution in [0, 0.1) is 13.8 Å². The molecule has 3 rings (SSSR count). The minimum absolute atomic E-state index is 0.0899. The highest BCUT2D eigenvalue weighted by atomic mass is 32.2. The van der Waals surface area contributed by atoms with Gasteiger partial charge in [-0.05, 0) is 25.5 Å². The molecule has 0 radical (unpaired) electrons. The minimum Gasteiger partial charge on any atom is -0.481 e. The number of rotatable bonds is 3. The number of carboxylic acid groups (broad SMARTS) is 1. The molecule has 8 heteroatoms. The lowest BCUT2D eigenvalue weighted by atomic mass is 10.0. The van der Waals surface area contributed by atoms with Crippen LogP contribution in [0.2, 0.25) is 0 Å². The van der Waals surface area contributed by atoms with E-state index in [2.05, 4.69) is 4.98 Å². The fraction of sp³-hybridized carbons (Fsp3) is 0.286. The van der Waals surface area contributed by atoms with Crippen LogP contribution in [-0.4, -0.2) is 31.0 Å². The zero-order valence-corrected chi connectivity index (χ0v) is 13.6. The van der Waals surface area contributed by atoms with Crippen molar-refractivity contribution in [1.82, 2.24) is 4.98 Å². The van der Waals surface area contributed by atoms with Gasteiger partial charge < -0.3 is 5.11 Å². The molecular weight excluding hydrogens is 324 g/mol. The SMILES string of the molecule is Cc1nc(C)c(S(=O)(=O)N2CC(C(=O)O)c3ccccc32)s1. The van der Waals surface area contributed by atoms with Crippen LogP contribution in [0.25, 0.3) is 0 Å². The van der Waals surface area contributed by atoms with E-state index in [0.29, 0.717) is 22.0 Å². The molecule has 0 saturated heterocycles. The third-order valence-corrected chi connectivity index (χ3v) is 7.05. The van der Waals surface area contributed by atoms with E-state index in [1.54, 1.807) is 38.1 Å². The first-order chi connectivity index (χ1) is 10.3. The van der Waals surface area contributed by atoms with Crippen molar-refractivity contribution < 1.29 is 18.3 Å². The van der Waals surface area contributed by atoms with Crippen LogP contribution in [-0.2, 0) is 14.8 Å². The largest absolute Gasteiger partial charge is 0.481 e. The maximum atomic E-state index is 12.9. The summed E-state index contributed by atoms with van der Waals surface area (Å²) in [5.41, 5.74) is 1.40. The third-order valence-electron chi connectivity index (χ3n) is 3.61. The quantitative estimate of drug-likeness (QED) is 0.926. The number of para-hydroxylation sites is 1. The average Bonchev–Trinajstić information content (AvgIpc) is 2.99. The van der Waals surface area contributed by atoms with Crippen molar-refractivity contribution >= 4 is 33.0 Å².